The van der Waals surface area contributed by atoms with Crippen LogP contribution in [0.3, 0.4) is 0 Å². The normalized spacial score (nSPS) is 12.6. The predicted octanol–water partition coefficient (Wildman–Crippen LogP) is 4.55. The highest BCUT2D eigenvalue weighted by Crippen LogP contribution is 2.39. The van der Waals surface area contributed by atoms with Gasteiger partial charge in [-0.2, -0.15) is 0 Å². The highest BCUT2D eigenvalue weighted by molar-refractivity contribution is 9.10. The number of anilines is 1. The third kappa shape index (κ3) is 3.22. The van der Waals surface area contributed by atoms with E-state index in [1.807, 2.05) is 0 Å². The Morgan fingerprint density at radius 2 is 1.82 bits per heavy atom. The topological polar surface area (TPSA) is 35.2 Å². The first-order valence-electron chi connectivity index (χ1n) is 5.48. The average molecular weight is 320 g/mol. The molecule has 96 valence electrons. The Morgan fingerprint density at radius 1 is 1.29 bits per heavy atom. The first kappa shape index (κ1) is 14.5. The van der Waals surface area contributed by atoms with Crippen molar-refractivity contribution in [3.05, 3.63) is 22.4 Å². The van der Waals surface area contributed by atoms with Crippen molar-refractivity contribution in [1.29, 1.82) is 0 Å². The lowest BCUT2D eigenvalue weighted by molar-refractivity contribution is 0.488. The molecule has 0 atom stereocenters. The minimum atomic E-state index is -1.98. The van der Waals surface area contributed by atoms with Crippen LogP contribution in [0.4, 0.5) is 10.1 Å². The van der Waals surface area contributed by atoms with Crippen LogP contribution in [0.2, 0.25) is 18.1 Å². The summed E-state index contributed by atoms with van der Waals surface area (Å²) in [6, 6.07) is 2.89. The zero-order chi connectivity index (χ0) is 13.4. The SMILES string of the molecule is CC(C)(C)[Si](C)(C)Oc1cc(F)c(Br)cc1N. The first-order chi connectivity index (χ1) is 7.54. The molecule has 1 aromatic rings. The summed E-state index contributed by atoms with van der Waals surface area (Å²) in [5.74, 6) is 0.0881. The summed E-state index contributed by atoms with van der Waals surface area (Å²) in [7, 11) is -1.98. The van der Waals surface area contributed by atoms with E-state index in [2.05, 4.69) is 49.8 Å². The van der Waals surface area contributed by atoms with E-state index in [9.17, 15) is 4.39 Å². The fraction of sp³-hybridized carbons (Fsp3) is 0.500. The fourth-order valence-electron chi connectivity index (χ4n) is 1.06. The van der Waals surface area contributed by atoms with E-state index in [1.165, 1.54) is 12.1 Å². The Morgan fingerprint density at radius 3 is 2.29 bits per heavy atom. The molecule has 2 nitrogen and oxygen atoms in total. The molecular formula is C12H19BrFNOSi. The Balaban J connectivity index is 3.08. The Labute approximate surface area is 112 Å². The maximum absolute atomic E-state index is 13.5. The largest absolute Gasteiger partial charge is 0.542 e. The van der Waals surface area contributed by atoms with Crippen LogP contribution >= 0.6 is 15.9 Å². The van der Waals surface area contributed by atoms with Gasteiger partial charge in [-0.25, -0.2) is 4.39 Å². The van der Waals surface area contributed by atoms with E-state index in [0.717, 1.165) is 0 Å². The second kappa shape index (κ2) is 4.61. The molecule has 2 N–H and O–H groups in total. The van der Waals surface area contributed by atoms with Crippen LogP contribution in [0, 0.1) is 5.82 Å². The number of nitrogen functional groups attached to an aromatic ring is 1. The maximum atomic E-state index is 13.5. The van der Waals surface area contributed by atoms with E-state index in [4.69, 9.17) is 10.2 Å². The molecule has 0 spiro atoms. The fourth-order valence-corrected chi connectivity index (χ4v) is 2.45. The number of rotatable bonds is 2. The van der Waals surface area contributed by atoms with Gasteiger partial charge in [-0.1, -0.05) is 20.8 Å². The molecule has 5 heteroatoms. The molecule has 0 saturated heterocycles. The van der Waals surface area contributed by atoms with Gasteiger partial charge in [0.1, 0.15) is 11.6 Å². The summed E-state index contributed by atoms with van der Waals surface area (Å²) >= 11 is 3.10. The molecule has 0 unspecified atom stereocenters. The van der Waals surface area contributed by atoms with Gasteiger partial charge in [0, 0.05) is 6.07 Å². The molecule has 0 aliphatic rings. The maximum Gasteiger partial charge on any atom is 0.250 e. The summed E-state index contributed by atoms with van der Waals surface area (Å²) in [5.41, 5.74) is 6.30. The van der Waals surface area contributed by atoms with Crippen LogP contribution in [0.15, 0.2) is 16.6 Å². The second-order valence-corrected chi connectivity index (χ2v) is 11.2. The van der Waals surface area contributed by atoms with Crippen molar-refractivity contribution < 1.29 is 8.82 Å². The standard InChI is InChI=1S/C12H19BrFNOSi/c1-12(2,3)17(4,5)16-11-7-9(14)8(13)6-10(11)15/h6-7H,15H2,1-5H3. The van der Waals surface area contributed by atoms with E-state index in [-0.39, 0.29) is 10.9 Å². The van der Waals surface area contributed by atoms with Crippen molar-refractivity contribution in [2.75, 3.05) is 5.73 Å². The van der Waals surface area contributed by atoms with Crippen molar-refractivity contribution in [2.45, 2.75) is 38.9 Å². The Hall–Kier alpha value is -0.553. The van der Waals surface area contributed by atoms with Crippen LogP contribution in [-0.2, 0) is 0 Å². The van der Waals surface area contributed by atoms with Gasteiger partial charge >= 0.3 is 0 Å². The van der Waals surface area contributed by atoms with Gasteiger partial charge in [-0.05, 0) is 40.1 Å². The van der Waals surface area contributed by atoms with E-state index in [0.29, 0.717) is 15.9 Å². The summed E-state index contributed by atoms with van der Waals surface area (Å²) in [4.78, 5) is 0. The third-order valence-corrected chi connectivity index (χ3v) is 8.17. The number of hydrogen-bond donors (Lipinski definition) is 1. The molecule has 0 aliphatic heterocycles. The second-order valence-electron chi connectivity index (χ2n) is 5.67. The molecule has 0 amide bonds. The lowest BCUT2D eigenvalue weighted by atomic mass is 10.2. The summed E-state index contributed by atoms with van der Waals surface area (Å²) in [6.45, 7) is 10.6. The van der Waals surface area contributed by atoms with Crippen molar-refractivity contribution in [2.24, 2.45) is 0 Å². The van der Waals surface area contributed by atoms with Crippen LogP contribution in [0.1, 0.15) is 20.8 Å². The molecule has 0 saturated carbocycles. The van der Waals surface area contributed by atoms with E-state index < -0.39 is 8.32 Å². The molecule has 1 rings (SSSR count). The third-order valence-electron chi connectivity index (χ3n) is 3.22. The first-order valence-corrected chi connectivity index (χ1v) is 9.18. The molecule has 17 heavy (non-hydrogen) atoms. The smallest absolute Gasteiger partial charge is 0.250 e. The Bertz CT molecular complexity index is 429. The van der Waals surface area contributed by atoms with Crippen LogP contribution < -0.4 is 10.2 Å². The number of halogens is 2. The quantitative estimate of drug-likeness (QED) is 0.641. The predicted molar refractivity (Wildman–Crippen MR) is 76.3 cm³/mol. The van der Waals surface area contributed by atoms with Crippen molar-refractivity contribution in [1.82, 2.24) is 0 Å². The van der Waals surface area contributed by atoms with Crippen molar-refractivity contribution in [3.63, 3.8) is 0 Å². The van der Waals surface area contributed by atoms with Gasteiger partial charge in [-0.3, -0.25) is 0 Å². The van der Waals surface area contributed by atoms with Crippen molar-refractivity contribution >= 4 is 29.9 Å². The van der Waals surface area contributed by atoms with Gasteiger partial charge in [0.25, 0.3) is 8.32 Å². The Kier molecular flexibility index (Phi) is 3.93. The zero-order valence-electron chi connectivity index (χ0n) is 10.9. The van der Waals surface area contributed by atoms with Gasteiger partial charge in [-0.15, -0.1) is 0 Å². The highest BCUT2D eigenvalue weighted by Gasteiger charge is 2.39. The minimum Gasteiger partial charge on any atom is -0.542 e. The molecule has 0 fully saturated rings. The number of benzene rings is 1. The van der Waals surface area contributed by atoms with Crippen molar-refractivity contribution in [3.8, 4) is 5.75 Å². The van der Waals surface area contributed by atoms with Crippen LogP contribution in [0.5, 0.6) is 5.75 Å². The lowest BCUT2D eigenvalue weighted by Gasteiger charge is -2.36. The number of hydrogen-bond acceptors (Lipinski definition) is 2. The van der Waals surface area contributed by atoms with Crippen LogP contribution in [0.25, 0.3) is 0 Å². The summed E-state index contributed by atoms with van der Waals surface area (Å²) in [5, 5.41) is 0.0585. The average Bonchev–Trinajstić information content (AvgIpc) is 2.12. The van der Waals surface area contributed by atoms with E-state index >= 15 is 0 Å². The highest BCUT2D eigenvalue weighted by atomic mass is 79.9. The molecular weight excluding hydrogens is 301 g/mol. The molecule has 1 aromatic carbocycles. The zero-order valence-corrected chi connectivity index (χ0v) is 13.5. The van der Waals surface area contributed by atoms with Gasteiger partial charge < -0.3 is 10.2 Å². The molecule has 0 aromatic heterocycles. The monoisotopic (exact) mass is 319 g/mol. The lowest BCUT2D eigenvalue weighted by Crippen LogP contribution is -2.44. The molecule has 0 heterocycles. The minimum absolute atomic E-state index is 0.0585. The van der Waals surface area contributed by atoms with Crippen LogP contribution in [-0.4, -0.2) is 8.32 Å². The summed E-state index contributed by atoms with van der Waals surface area (Å²) < 4.78 is 19.8. The summed E-state index contributed by atoms with van der Waals surface area (Å²) in [6.07, 6.45) is 0. The van der Waals surface area contributed by atoms with Gasteiger partial charge in [0.05, 0.1) is 10.2 Å². The number of nitrogens with two attached hydrogens (primary N) is 1. The molecule has 0 bridgehead atoms. The van der Waals surface area contributed by atoms with Gasteiger partial charge in [0.2, 0.25) is 0 Å². The molecule has 0 radical (unpaired) electrons. The van der Waals surface area contributed by atoms with E-state index in [1.54, 1.807) is 0 Å². The molecule has 0 aliphatic carbocycles. The van der Waals surface area contributed by atoms with Gasteiger partial charge in [0.15, 0.2) is 0 Å².